The van der Waals surface area contributed by atoms with Gasteiger partial charge in [-0.05, 0) is 13.8 Å². The van der Waals surface area contributed by atoms with Crippen LogP contribution in [0.4, 0.5) is 0 Å². The highest BCUT2D eigenvalue weighted by Crippen LogP contribution is 1.86. The molecule has 62 valence electrons. The molecule has 0 aliphatic rings. The summed E-state index contributed by atoms with van der Waals surface area (Å²) in [5.41, 5.74) is 5.68. The predicted octanol–water partition coefficient (Wildman–Crippen LogP) is -0.446. The van der Waals surface area contributed by atoms with Gasteiger partial charge in [-0.2, -0.15) is 0 Å². The molecule has 11 heavy (non-hydrogen) atoms. The van der Waals surface area contributed by atoms with Crippen molar-refractivity contribution in [2.75, 3.05) is 6.54 Å². The molecule has 4 heteroatoms. The van der Waals surface area contributed by atoms with Crippen LogP contribution in [0.25, 0.3) is 0 Å². The predicted molar refractivity (Wildman–Crippen MR) is 41.6 cm³/mol. The fourth-order valence-electron chi connectivity index (χ4n) is 0.487. The third-order valence-electron chi connectivity index (χ3n) is 0.857. The molecule has 0 aromatic heterocycles. The molecule has 0 heterocycles. The highest BCUT2D eigenvalue weighted by atomic mass is 16.2. The summed E-state index contributed by atoms with van der Waals surface area (Å²) in [5, 5.41) is 2.32. The Morgan fingerprint density at radius 3 is 2.36 bits per heavy atom. The topological polar surface area (TPSA) is 72.2 Å². The Balaban J connectivity index is 3.71. The minimum Gasteiger partial charge on any atom is -0.368 e. The first-order valence-electron chi connectivity index (χ1n) is 3.23. The number of carbonyl (C=O) groups is 2. The van der Waals surface area contributed by atoms with Crippen molar-refractivity contribution in [3.05, 3.63) is 11.6 Å². The molecule has 0 unspecified atom stereocenters. The van der Waals surface area contributed by atoms with E-state index in [-0.39, 0.29) is 12.5 Å². The van der Waals surface area contributed by atoms with Gasteiger partial charge in [-0.3, -0.25) is 9.59 Å². The number of allylic oxidation sites excluding steroid dienone is 1. The Labute approximate surface area is 65.5 Å². The van der Waals surface area contributed by atoms with E-state index in [1.165, 1.54) is 6.08 Å². The van der Waals surface area contributed by atoms with Crippen LogP contribution in [0.1, 0.15) is 13.8 Å². The number of nitrogens with two attached hydrogens (primary N) is 1. The molecule has 0 rings (SSSR count). The van der Waals surface area contributed by atoms with Gasteiger partial charge in [0, 0.05) is 6.08 Å². The second-order valence-electron chi connectivity index (χ2n) is 2.41. The number of carbonyl (C=O) groups excluding carboxylic acids is 2. The highest BCUT2D eigenvalue weighted by Gasteiger charge is 1.97. The lowest BCUT2D eigenvalue weighted by Gasteiger charge is -1.96. The van der Waals surface area contributed by atoms with Crippen molar-refractivity contribution >= 4 is 11.8 Å². The molecular weight excluding hydrogens is 144 g/mol. The van der Waals surface area contributed by atoms with Crippen LogP contribution in [0.3, 0.4) is 0 Å². The summed E-state index contributed by atoms with van der Waals surface area (Å²) in [6, 6.07) is 0. The monoisotopic (exact) mass is 156 g/mol. The lowest BCUT2D eigenvalue weighted by Crippen LogP contribution is -2.32. The third kappa shape index (κ3) is 6.57. The number of hydrogen-bond donors (Lipinski definition) is 2. The van der Waals surface area contributed by atoms with Gasteiger partial charge in [-0.25, -0.2) is 0 Å². The Kier molecular flexibility index (Phi) is 3.95. The minimum atomic E-state index is -0.541. The quantitative estimate of drug-likeness (QED) is 0.543. The number of amides is 2. The van der Waals surface area contributed by atoms with Crippen LogP contribution in [-0.4, -0.2) is 18.4 Å². The summed E-state index contributed by atoms with van der Waals surface area (Å²) in [5.74, 6) is -0.829. The molecule has 0 saturated heterocycles. The van der Waals surface area contributed by atoms with E-state index in [2.05, 4.69) is 5.32 Å². The molecule has 0 spiro atoms. The minimum absolute atomic E-state index is 0.109. The number of hydrogen-bond acceptors (Lipinski definition) is 2. The molecule has 0 atom stereocenters. The molecule has 0 aromatic carbocycles. The van der Waals surface area contributed by atoms with Gasteiger partial charge in [-0.1, -0.05) is 5.57 Å². The first kappa shape index (κ1) is 9.68. The van der Waals surface area contributed by atoms with E-state index in [4.69, 9.17) is 5.73 Å². The van der Waals surface area contributed by atoms with Gasteiger partial charge >= 0.3 is 0 Å². The maximum absolute atomic E-state index is 10.8. The summed E-state index contributed by atoms with van der Waals surface area (Å²) in [6.45, 7) is 3.48. The van der Waals surface area contributed by atoms with Crippen molar-refractivity contribution in [2.45, 2.75) is 13.8 Å². The molecule has 4 nitrogen and oxygen atoms in total. The summed E-state index contributed by atoms with van der Waals surface area (Å²) < 4.78 is 0. The van der Waals surface area contributed by atoms with Gasteiger partial charge in [0.2, 0.25) is 11.8 Å². The fourth-order valence-corrected chi connectivity index (χ4v) is 0.487. The van der Waals surface area contributed by atoms with Gasteiger partial charge in [-0.15, -0.1) is 0 Å². The normalized spacial score (nSPS) is 8.55. The van der Waals surface area contributed by atoms with Crippen molar-refractivity contribution in [1.29, 1.82) is 0 Å². The Hall–Kier alpha value is -1.32. The molecule has 0 aliphatic carbocycles. The summed E-state index contributed by atoms with van der Waals surface area (Å²) in [6.07, 6.45) is 1.41. The molecule has 0 aliphatic heterocycles. The van der Waals surface area contributed by atoms with E-state index in [1.54, 1.807) is 13.8 Å². The first-order chi connectivity index (χ1) is 5.02. The van der Waals surface area contributed by atoms with Gasteiger partial charge in [0.25, 0.3) is 0 Å². The lowest BCUT2D eigenvalue weighted by atomic mass is 10.3. The van der Waals surface area contributed by atoms with Crippen molar-refractivity contribution in [3.63, 3.8) is 0 Å². The second-order valence-corrected chi connectivity index (χ2v) is 2.41. The van der Waals surface area contributed by atoms with Crippen LogP contribution in [0.5, 0.6) is 0 Å². The average Bonchev–Trinajstić information content (AvgIpc) is 1.82. The van der Waals surface area contributed by atoms with E-state index in [0.29, 0.717) is 0 Å². The smallest absolute Gasteiger partial charge is 0.244 e. The Bertz CT molecular complexity index is 193. The summed E-state index contributed by atoms with van der Waals surface area (Å²) in [7, 11) is 0. The SMILES string of the molecule is CC(C)=CC(=O)NCC(N)=O. The second kappa shape index (κ2) is 4.49. The molecule has 2 amide bonds. The zero-order chi connectivity index (χ0) is 8.85. The third-order valence-corrected chi connectivity index (χ3v) is 0.857. The van der Waals surface area contributed by atoms with E-state index < -0.39 is 5.91 Å². The van der Waals surface area contributed by atoms with Crippen LogP contribution in [0.2, 0.25) is 0 Å². The van der Waals surface area contributed by atoms with Gasteiger partial charge in [0.15, 0.2) is 0 Å². The van der Waals surface area contributed by atoms with Crippen LogP contribution < -0.4 is 11.1 Å². The Morgan fingerprint density at radius 1 is 1.45 bits per heavy atom. The largest absolute Gasteiger partial charge is 0.368 e. The van der Waals surface area contributed by atoms with E-state index in [1.807, 2.05) is 0 Å². The maximum atomic E-state index is 10.8. The molecular formula is C7H12N2O2. The zero-order valence-corrected chi connectivity index (χ0v) is 6.68. The molecule has 0 saturated carbocycles. The summed E-state index contributed by atoms with van der Waals surface area (Å²) in [4.78, 5) is 20.9. The number of nitrogens with one attached hydrogen (secondary N) is 1. The van der Waals surface area contributed by atoms with E-state index in [9.17, 15) is 9.59 Å². The molecule has 0 bridgehead atoms. The van der Waals surface area contributed by atoms with Gasteiger partial charge in [0.1, 0.15) is 0 Å². The maximum Gasteiger partial charge on any atom is 0.244 e. The molecule has 3 N–H and O–H groups in total. The van der Waals surface area contributed by atoms with Crippen molar-refractivity contribution < 1.29 is 9.59 Å². The molecule has 0 aromatic rings. The van der Waals surface area contributed by atoms with E-state index in [0.717, 1.165) is 5.57 Å². The van der Waals surface area contributed by atoms with Gasteiger partial charge in [0.05, 0.1) is 6.54 Å². The number of rotatable bonds is 3. The number of primary amides is 1. The molecule has 0 radical (unpaired) electrons. The Morgan fingerprint density at radius 2 is 2.00 bits per heavy atom. The van der Waals surface area contributed by atoms with Gasteiger partial charge < -0.3 is 11.1 Å². The van der Waals surface area contributed by atoms with Crippen LogP contribution in [0, 0.1) is 0 Å². The van der Waals surface area contributed by atoms with Crippen molar-refractivity contribution in [3.8, 4) is 0 Å². The highest BCUT2D eigenvalue weighted by molar-refractivity contribution is 5.91. The fraction of sp³-hybridized carbons (Fsp3) is 0.429. The van der Waals surface area contributed by atoms with E-state index >= 15 is 0 Å². The lowest BCUT2D eigenvalue weighted by molar-refractivity contribution is -0.122. The van der Waals surface area contributed by atoms with Crippen LogP contribution in [0.15, 0.2) is 11.6 Å². The van der Waals surface area contributed by atoms with Crippen LogP contribution in [-0.2, 0) is 9.59 Å². The van der Waals surface area contributed by atoms with Crippen molar-refractivity contribution in [2.24, 2.45) is 5.73 Å². The molecule has 0 fully saturated rings. The zero-order valence-electron chi connectivity index (χ0n) is 6.68. The first-order valence-corrected chi connectivity index (χ1v) is 3.23. The van der Waals surface area contributed by atoms with Crippen LogP contribution >= 0.6 is 0 Å². The standard InChI is InChI=1S/C7H12N2O2/c1-5(2)3-7(11)9-4-6(8)10/h3H,4H2,1-2H3,(H2,8,10)(H,9,11). The summed E-state index contributed by atoms with van der Waals surface area (Å²) >= 11 is 0. The average molecular weight is 156 g/mol. The van der Waals surface area contributed by atoms with Crippen molar-refractivity contribution in [1.82, 2.24) is 5.32 Å².